The van der Waals surface area contributed by atoms with Crippen LogP contribution >= 0.6 is 15.9 Å². The van der Waals surface area contributed by atoms with Crippen molar-refractivity contribution in [1.82, 2.24) is 0 Å². The lowest BCUT2D eigenvalue weighted by molar-refractivity contribution is 0.0295. The standard InChI is InChI=1S/C10H12BrNO3/c1-6(13)5-15-10(14)7-3-2-4-8(12)9(7)11/h2-4,6,13H,5,12H2,1H3. The second kappa shape index (κ2) is 5.14. The molecule has 82 valence electrons. The van der Waals surface area contributed by atoms with Crippen LogP contribution < -0.4 is 5.73 Å². The minimum atomic E-state index is -0.672. The van der Waals surface area contributed by atoms with Crippen molar-refractivity contribution >= 4 is 27.6 Å². The average Bonchev–Trinajstić information content (AvgIpc) is 2.18. The highest BCUT2D eigenvalue weighted by Crippen LogP contribution is 2.24. The van der Waals surface area contributed by atoms with Gasteiger partial charge in [-0.3, -0.25) is 0 Å². The number of aliphatic hydroxyl groups is 1. The van der Waals surface area contributed by atoms with Crippen LogP contribution in [-0.4, -0.2) is 23.8 Å². The Labute approximate surface area is 96.2 Å². The van der Waals surface area contributed by atoms with Crippen LogP contribution in [0.5, 0.6) is 0 Å². The van der Waals surface area contributed by atoms with Crippen molar-refractivity contribution in [2.24, 2.45) is 0 Å². The minimum Gasteiger partial charge on any atom is -0.459 e. The summed E-state index contributed by atoms with van der Waals surface area (Å²) >= 11 is 3.20. The van der Waals surface area contributed by atoms with Gasteiger partial charge in [0.1, 0.15) is 6.61 Å². The van der Waals surface area contributed by atoms with E-state index in [1.54, 1.807) is 25.1 Å². The van der Waals surface area contributed by atoms with Crippen LogP contribution in [0.2, 0.25) is 0 Å². The van der Waals surface area contributed by atoms with Gasteiger partial charge in [0.2, 0.25) is 0 Å². The Morgan fingerprint density at radius 1 is 1.67 bits per heavy atom. The van der Waals surface area contributed by atoms with Crippen LogP contribution in [0.3, 0.4) is 0 Å². The van der Waals surface area contributed by atoms with Crippen LogP contribution in [0.25, 0.3) is 0 Å². The molecule has 0 saturated heterocycles. The third kappa shape index (κ3) is 3.21. The van der Waals surface area contributed by atoms with Gasteiger partial charge in [-0.05, 0) is 35.0 Å². The Morgan fingerprint density at radius 3 is 2.93 bits per heavy atom. The van der Waals surface area contributed by atoms with E-state index in [4.69, 9.17) is 15.6 Å². The van der Waals surface area contributed by atoms with Gasteiger partial charge >= 0.3 is 5.97 Å². The van der Waals surface area contributed by atoms with Crippen molar-refractivity contribution in [3.8, 4) is 0 Å². The molecule has 5 heteroatoms. The lowest BCUT2D eigenvalue weighted by Gasteiger charge is -2.08. The van der Waals surface area contributed by atoms with Gasteiger partial charge in [-0.15, -0.1) is 0 Å². The van der Waals surface area contributed by atoms with E-state index in [1.807, 2.05) is 0 Å². The molecule has 0 heterocycles. The van der Waals surface area contributed by atoms with Crippen LogP contribution in [0.15, 0.2) is 22.7 Å². The highest BCUT2D eigenvalue weighted by molar-refractivity contribution is 9.10. The molecule has 0 bridgehead atoms. The predicted molar refractivity (Wildman–Crippen MR) is 60.5 cm³/mol. The molecule has 1 rings (SSSR count). The van der Waals surface area contributed by atoms with E-state index in [1.165, 1.54) is 0 Å². The zero-order valence-corrected chi connectivity index (χ0v) is 9.82. The number of hydrogen-bond donors (Lipinski definition) is 2. The van der Waals surface area contributed by atoms with Gasteiger partial charge in [0, 0.05) is 5.69 Å². The number of carbonyl (C=O) groups excluding carboxylic acids is 1. The first kappa shape index (κ1) is 12.0. The van der Waals surface area contributed by atoms with E-state index < -0.39 is 12.1 Å². The summed E-state index contributed by atoms with van der Waals surface area (Å²) in [5.74, 6) is -0.505. The monoisotopic (exact) mass is 273 g/mol. The number of halogens is 1. The smallest absolute Gasteiger partial charge is 0.339 e. The second-order valence-corrected chi connectivity index (χ2v) is 3.95. The number of esters is 1. The zero-order valence-electron chi connectivity index (χ0n) is 8.24. The van der Waals surface area contributed by atoms with Crippen molar-refractivity contribution in [1.29, 1.82) is 0 Å². The summed E-state index contributed by atoms with van der Waals surface area (Å²) in [6, 6.07) is 4.94. The zero-order chi connectivity index (χ0) is 11.4. The second-order valence-electron chi connectivity index (χ2n) is 3.16. The van der Waals surface area contributed by atoms with Gasteiger partial charge in [0.15, 0.2) is 0 Å². The Hall–Kier alpha value is -1.07. The third-order valence-corrected chi connectivity index (χ3v) is 2.59. The number of carbonyl (C=O) groups is 1. The molecule has 0 amide bonds. The maximum atomic E-state index is 11.5. The highest BCUT2D eigenvalue weighted by atomic mass is 79.9. The number of aliphatic hydroxyl groups excluding tert-OH is 1. The quantitative estimate of drug-likeness (QED) is 0.648. The van der Waals surface area contributed by atoms with Crippen molar-refractivity contribution < 1.29 is 14.6 Å². The molecule has 1 atom stereocenters. The fourth-order valence-corrected chi connectivity index (χ4v) is 1.41. The van der Waals surface area contributed by atoms with E-state index in [2.05, 4.69) is 15.9 Å². The molecule has 3 N–H and O–H groups in total. The number of anilines is 1. The Bertz CT molecular complexity index is 366. The summed E-state index contributed by atoms with van der Waals surface area (Å²) in [6.45, 7) is 1.52. The molecule has 1 aromatic rings. The third-order valence-electron chi connectivity index (χ3n) is 1.70. The van der Waals surface area contributed by atoms with Crippen molar-refractivity contribution in [3.63, 3.8) is 0 Å². The largest absolute Gasteiger partial charge is 0.459 e. The maximum Gasteiger partial charge on any atom is 0.339 e. The summed E-state index contributed by atoms with van der Waals surface area (Å²) in [4.78, 5) is 11.5. The Balaban J connectivity index is 2.78. The molecule has 0 aliphatic rings. The number of hydrogen-bond acceptors (Lipinski definition) is 4. The lowest BCUT2D eigenvalue weighted by atomic mass is 10.2. The molecule has 1 aromatic carbocycles. The van der Waals surface area contributed by atoms with Crippen LogP contribution in [-0.2, 0) is 4.74 Å². The van der Waals surface area contributed by atoms with Crippen LogP contribution in [0.4, 0.5) is 5.69 Å². The first-order valence-corrected chi connectivity index (χ1v) is 5.21. The molecule has 1 unspecified atom stereocenters. The number of rotatable bonds is 3. The predicted octanol–water partition coefficient (Wildman–Crippen LogP) is 1.57. The van der Waals surface area contributed by atoms with Gasteiger partial charge in [0.05, 0.1) is 16.1 Å². The molecular weight excluding hydrogens is 262 g/mol. The minimum absolute atomic E-state index is 0.0277. The van der Waals surface area contributed by atoms with Crippen molar-refractivity contribution in [3.05, 3.63) is 28.2 Å². The normalized spacial score (nSPS) is 12.2. The Kier molecular flexibility index (Phi) is 4.11. The fourth-order valence-electron chi connectivity index (χ4n) is 0.982. The topological polar surface area (TPSA) is 72.5 Å². The van der Waals surface area contributed by atoms with Crippen LogP contribution in [0, 0.1) is 0 Å². The molecule has 0 aromatic heterocycles. The van der Waals surface area contributed by atoms with E-state index in [0.29, 0.717) is 15.7 Å². The van der Waals surface area contributed by atoms with Gasteiger partial charge in [0.25, 0.3) is 0 Å². The summed E-state index contributed by atoms with van der Waals surface area (Å²) in [5.41, 5.74) is 6.44. The van der Waals surface area contributed by atoms with E-state index in [-0.39, 0.29) is 6.61 Å². The SMILES string of the molecule is CC(O)COC(=O)c1cccc(N)c1Br. The number of nitrogens with two attached hydrogens (primary N) is 1. The number of benzene rings is 1. The van der Waals surface area contributed by atoms with Crippen molar-refractivity contribution in [2.45, 2.75) is 13.0 Å². The molecule has 0 fully saturated rings. The number of ether oxygens (including phenoxy) is 1. The first-order chi connectivity index (χ1) is 7.02. The first-order valence-electron chi connectivity index (χ1n) is 4.41. The molecule has 0 saturated carbocycles. The van der Waals surface area contributed by atoms with E-state index >= 15 is 0 Å². The van der Waals surface area contributed by atoms with Crippen molar-refractivity contribution in [2.75, 3.05) is 12.3 Å². The molecular formula is C10H12BrNO3. The fraction of sp³-hybridized carbons (Fsp3) is 0.300. The Morgan fingerprint density at radius 2 is 2.33 bits per heavy atom. The van der Waals surface area contributed by atoms with Gasteiger partial charge < -0.3 is 15.6 Å². The molecule has 0 aliphatic carbocycles. The summed E-state index contributed by atoms with van der Waals surface area (Å²) < 4.78 is 5.37. The van der Waals surface area contributed by atoms with Gasteiger partial charge in [-0.2, -0.15) is 0 Å². The molecule has 15 heavy (non-hydrogen) atoms. The molecule has 0 spiro atoms. The summed E-state index contributed by atoms with van der Waals surface area (Å²) in [7, 11) is 0. The summed E-state index contributed by atoms with van der Waals surface area (Å²) in [5, 5.41) is 8.96. The molecule has 0 aliphatic heterocycles. The van der Waals surface area contributed by atoms with Crippen LogP contribution in [0.1, 0.15) is 17.3 Å². The highest BCUT2D eigenvalue weighted by Gasteiger charge is 2.13. The van der Waals surface area contributed by atoms with E-state index in [0.717, 1.165) is 0 Å². The average molecular weight is 274 g/mol. The lowest BCUT2D eigenvalue weighted by Crippen LogP contribution is -2.15. The van der Waals surface area contributed by atoms with Gasteiger partial charge in [-0.25, -0.2) is 4.79 Å². The molecule has 4 nitrogen and oxygen atoms in total. The van der Waals surface area contributed by atoms with E-state index in [9.17, 15) is 4.79 Å². The maximum absolute atomic E-state index is 11.5. The molecule has 0 radical (unpaired) electrons. The summed E-state index contributed by atoms with van der Waals surface area (Å²) in [6.07, 6.45) is -0.672. The number of nitrogen functional groups attached to an aromatic ring is 1. The van der Waals surface area contributed by atoms with Gasteiger partial charge in [-0.1, -0.05) is 6.07 Å².